The highest BCUT2D eigenvalue weighted by atomic mass is 35.5. The predicted octanol–water partition coefficient (Wildman–Crippen LogP) is 3.87. The lowest BCUT2D eigenvalue weighted by Crippen LogP contribution is -2.19. The Morgan fingerprint density at radius 2 is 1.88 bits per heavy atom. The van der Waals surface area contributed by atoms with Gasteiger partial charge in [0.2, 0.25) is 0 Å². The van der Waals surface area contributed by atoms with Gasteiger partial charge in [-0.05, 0) is 30.3 Å². The molecule has 1 aromatic heterocycles. The first kappa shape index (κ1) is 16.5. The second-order valence-electron chi connectivity index (χ2n) is 5.09. The van der Waals surface area contributed by atoms with Crippen molar-refractivity contribution in [3.8, 4) is 5.69 Å². The first-order chi connectivity index (χ1) is 12.0. The van der Waals surface area contributed by atoms with Crippen LogP contribution in [0.2, 0.25) is 5.02 Å². The molecule has 0 radical (unpaired) electrons. The van der Waals surface area contributed by atoms with Gasteiger partial charge in [-0.3, -0.25) is 0 Å². The molecule has 0 aliphatic heterocycles. The van der Waals surface area contributed by atoms with Gasteiger partial charge in [-0.1, -0.05) is 29.8 Å². The minimum atomic E-state index is -1.02. The van der Waals surface area contributed by atoms with Crippen molar-refractivity contribution < 1.29 is 14.7 Å². The van der Waals surface area contributed by atoms with E-state index in [0.717, 1.165) is 0 Å². The molecule has 0 unspecified atom stereocenters. The summed E-state index contributed by atoms with van der Waals surface area (Å²) < 4.78 is 1.47. The number of hydrogen-bond acceptors (Lipinski definition) is 3. The molecule has 25 heavy (non-hydrogen) atoms. The molecule has 7 nitrogen and oxygen atoms in total. The van der Waals surface area contributed by atoms with Crippen LogP contribution in [0.3, 0.4) is 0 Å². The second-order valence-corrected chi connectivity index (χ2v) is 5.50. The number of nitrogens with zero attached hydrogens (tertiary/aromatic N) is 2. The highest BCUT2D eigenvalue weighted by molar-refractivity contribution is 6.33. The summed E-state index contributed by atoms with van der Waals surface area (Å²) in [5.74, 6) is -1.02. The van der Waals surface area contributed by atoms with E-state index in [1.165, 1.54) is 23.0 Å². The molecular weight excluding hydrogens is 344 g/mol. The number of carbonyl (C=O) groups is 2. The Labute approximate surface area is 147 Å². The number of aromatic nitrogens is 2. The highest BCUT2D eigenvalue weighted by Gasteiger charge is 2.09. The van der Waals surface area contributed by atoms with Crippen molar-refractivity contribution in [2.75, 3.05) is 10.6 Å². The van der Waals surface area contributed by atoms with Crippen LogP contribution < -0.4 is 10.6 Å². The summed E-state index contributed by atoms with van der Waals surface area (Å²) in [5, 5.41) is 18.9. The lowest BCUT2D eigenvalue weighted by Gasteiger charge is -2.07. The number of benzene rings is 2. The summed E-state index contributed by atoms with van der Waals surface area (Å²) in [6, 6.07) is 12.7. The van der Waals surface area contributed by atoms with E-state index < -0.39 is 12.0 Å². The topological polar surface area (TPSA) is 96.2 Å². The van der Waals surface area contributed by atoms with Gasteiger partial charge in [-0.25, -0.2) is 14.3 Å². The van der Waals surface area contributed by atoms with E-state index in [2.05, 4.69) is 15.7 Å². The van der Waals surface area contributed by atoms with Crippen LogP contribution >= 0.6 is 11.6 Å². The number of hydrogen-bond donors (Lipinski definition) is 3. The van der Waals surface area contributed by atoms with Crippen molar-refractivity contribution in [1.29, 1.82) is 0 Å². The maximum Gasteiger partial charge on any atom is 0.335 e. The number of aromatic carboxylic acids is 1. The minimum Gasteiger partial charge on any atom is -0.478 e. The Hall–Kier alpha value is -3.32. The molecule has 3 rings (SSSR count). The van der Waals surface area contributed by atoms with Gasteiger partial charge in [0.15, 0.2) is 0 Å². The van der Waals surface area contributed by atoms with E-state index in [1.807, 2.05) is 0 Å². The number of carbonyl (C=O) groups excluding carboxylic acids is 1. The van der Waals surface area contributed by atoms with Gasteiger partial charge in [0.25, 0.3) is 0 Å². The molecule has 0 saturated heterocycles. The fraction of sp³-hybridized carbons (Fsp3) is 0. The maximum absolute atomic E-state index is 12.0. The summed E-state index contributed by atoms with van der Waals surface area (Å²) in [4.78, 5) is 23.1. The van der Waals surface area contributed by atoms with Crippen molar-refractivity contribution in [2.24, 2.45) is 0 Å². The number of halogens is 1. The Morgan fingerprint density at radius 1 is 1.08 bits per heavy atom. The van der Waals surface area contributed by atoms with Crippen LogP contribution in [0.25, 0.3) is 5.69 Å². The quantitative estimate of drug-likeness (QED) is 0.661. The van der Waals surface area contributed by atoms with Crippen LogP contribution in [0.1, 0.15) is 10.4 Å². The zero-order valence-corrected chi connectivity index (χ0v) is 13.6. The van der Waals surface area contributed by atoms with E-state index in [0.29, 0.717) is 22.1 Å². The van der Waals surface area contributed by atoms with E-state index in [4.69, 9.17) is 16.7 Å². The molecule has 2 amide bonds. The predicted molar refractivity (Wildman–Crippen MR) is 94.6 cm³/mol. The van der Waals surface area contributed by atoms with E-state index >= 15 is 0 Å². The van der Waals surface area contributed by atoms with Gasteiger partial charge in [0, 0.05) is 0 Å². The molecule has 0 bridgehead atoms. The number of nitrogens with one attached hydrogen (secondary N) is 2. The summed E-state index contributed by atoms with van der Waals surface area (Å²) in [5.41, 5.74) is 1.66. The third-order valence-electron chi connectivity index (χ3n) is 3.32. The van der Waals surface area contributed by atoms with Crippen molar-refractivity contribution in [1.82, 2.24) is 9.78 Å². The number of urea groups is 1. The molecule has 8 heteroatoms. The van der Waals surface area contributed by atoms with E-state index in [9.17, 15) is 9.59 Å². The first-order valence-electron chi connectivity index (χ1n) is 7.24. The van der Waals surface area contributed by atoms with Crippen LogP contribution in [0.4, 0.5) is 16.2 Å². The normalized spacial score (nSPS) is 10.3. The first-order valence-corrected chi connectivity index (χ1v) is 7.61. The largest absolute Gasteiger partial charge is 0.478 e. The third-order valence-corrected chi connectivity index (χ3v) is 3.65. The lowest BCUT2D eigenvalue weighted by atomic mass is 10.2. The van der Waals surface area contributed by atoms with Gasteiger partial charge in [0.05, 0.1) is 40.0 Å². The number of carboxylic acid groups (broad SMARTS) is 1. The van der Waals surface area contributed by atoms with Crippen LogP contribution in [0, 0.1) is 0 Å². The van der Waals surface area contributed by atoms with Crippen molar-refractivity contribution in [3.05, 3.63) is 71.5 Å². The van der Waals surface area contributed by atoms with Crippen LogP contribution in [0.15, 0.2) is 60.9 Å². The Morgan fingerprint density at radius 3 is 2.64 bits per heavy atom. The molecule has 0 fully saturated rings. The number of carboxylic acids is 1. The molecular formula is C17H13ClN4O3. The maximum atomic E-state index is 12.0. The minimum absolute atomic E-state index is 0.152. The second kappa shape index (κ2) is 7.06. The number of amides is 2. The zero-order chi connectivity index (χ0) is 17.8. The molecule has 0 aliphatic rings. The lowest BCUT2D eigenvalue weighted by molar-refractivity contribution is 0.0697. The molecule has 0 atom stereocenters. The average molecular weight is 357 g/mol. The van der Waals surface area contributed by atoms with Crippen LogP contribution in [-0.2, 0) is 0 Å². The number of anilines is 2. The van der Waals surface area contributed by atoms with Gasteiger partial charge in [-0.2, -0.15) is 5.10 Å². The molecule has 3 N–H and O–H groups in total. The number of para-hydroxylation sites is 1. The van der Waals surface area contributed by atoms with Crippen molar-refractivity contribution in [3.63, 3.8) is 0 Å². The summed E-state index contributed by atoms with van der Waals surface area (Å²) >= 11 is 5.99. The zero-order valence-electron chi connectivity index (χ0n) is 12.8. The smallest absolute Gasteiger partial charge is 0.335 e. The van der Waals surface area contributed by atoms with Crippen LogP contribution in [0.5, 0.6) is 0 Å². The Kier molecular flexibility index (Phi) is 4.67. The molecule has 126 valence electrons. The number of rotatable bonds is 4. The standard InChI is InChI=1S/C17H13ClN4O3/c18-14-6-1-2-7-15(14)21-17(25)20-12-9-19-22(10-12)13-5-3-4-11(8-13)16(23)24/h1-10H,(H,23,24)(H2,20,21,25). The van der Waals surface area contributed by atoms with Gasteiger partial charge >= 0.3 is 12.0 Å². The van der Waals surface area contributed by atoms with Crippen molar-refractivity contribution in [2.45, 2.75) is 0 Å². The van der Waals surface area contributed by atoms with E-state index in [1.54, 1.807) is 42.6 Å². The third kappa shape index (κ3) is 3.96. The van der Waals surface area contributed by atoms with Crippen LogP contribution in [-0.4, -0.2) is 26.9 Å². The fourth-order valence-electron chi connectivity index (χ4n) is 2.16. The Bertz CT molecular complexity index is 939. The monoisotopic (exact) mass is 356 g/mol. The average Bonchev–Trinajstić information content (AvgIpc) is 3.05. The molecule has 2 aromatic carbocycles. The molecule has 1 heterocycles. The molecule has 0 saturated carbocycles. The van der Waals surface area contributed by atoms with E-state index in [-0.39, 0.29) is 5.56 Å². The van der Waals surface area contributed by atoms with Crippen molar-refractivity contribution >= 4 is 35.0 Å². The summed E-state index contributed by atoms with van der Waals surface area (Å²) in [7, 11) is 0. The molecule has 0 aliphatic carbocycles. The SMILES string of the molecule is O=C(Nc1cnn(-c2cccc(C(=O)O)c2)c1)Nc1ccccc1Cl. The molecule has 3 aromatic rings. The van der Waals surface area contributed by atoms with Gasteiger partial charge in [0.1, 0.15) is 0 Å². The Balaban J connectivity index is 1.71. The highest BCUT2D eigenvalue weighted by Crippen LogP contribution is 2.21. The molecule has 0 spiro atoms. The summed E-state index contributed by atoms with van der Waals surface area (Å²) in [6.45, 7) is 0. The van der Waals surface area contributed by atoms with Gasteiger partial charge in [-0.15, -0.1) is 0 Å². The van der Waals surface area contributed by atoms with Gasteiger partial charge < -0.3 is 15.7 Å². The summed E-state index contributed by atoms with van der Waals surface area (Å²) in [6.07, 6.45) is 3.03. The fourth-order valence-corrected chi connectivity index (χ4v) is 2.34.